The maximum atomic E-state index is 5.45. The molecule has 0 aliphatic rings. The van der Waals surface area contributed by atoms with E-state index in [1.54, 1.807) is 0 Å². The molecule has 0 unspecified atom stereocenters. The van der Waals surface area contributed by atoms with Crippen molar-refractivity contribution in [1.29, 1.82) is 0 Å². The van der Waals surface area contributed by atoms with Crippen LogP contribution in [0.3, 0.4) is 0 Å². The van der Waals surface area contributed by atoms with Crippen LogP contribution in [0.2, 0.25) is 0 Å². The van der Waals surface area contributed by atoms with Crippen LogP contribution in [0.15, 0.2) is 58.5 Å². The van der Waals surface area contributed by atoms with E-state index in [2.05, 4.69) is 99.9 Å². The van der Waals surface area contributed by atoms with E-state index in [1.165, 1.54) is 177 Å². The first-order valence-electron chi connectivity index (χ1n) is 27.0. The molecule has 0 spiro atoms. The molecule has 0 aliphatic carbocycles. The lowest BCUT2D eigenvalue weighted by molar-refractivity contribution is 0.545. The molecule has 0 amide bonds. The minimum absolute atomic E-state index is 0.962. The number of hydrogen-bond donors (Lipinski definition) is 0. The van der Waals surface area contributed by atoms with Crippen LogP contribution in [0.5, 0.6) is 0 Å². The lowest BCUT2D eigenvalue weighted by atomic mass is 10.0. The predicted molar refractivity (Wildman–Crippen MR) is 279 cm³/mol. The number of rotatable bonds is 39. The van der Waals surface area contributed by atoms with Crippen LogP contribution in [-0.4, -0.2) is 11.4 Å². The first-order valence-corrected chi connectivity index (χ1v) is 27.0. The Balaban J connectivity index is 1.87. The molecule has 2 aromatic carbocycles. The Morgan fingerprint density at radius 2 is 0.597 bits per heavy atom. The molecule has 346 valence electrons. The third-order valence-electron chi connectivity index (χ3n) is 12.4. The molecule has 0 saturated carbocycles. The van der Waals surface area contributed by atoms with E-state index in [0.717, 1.165) is 101 Å². The Morgan fingerprint density at radius 3 is 0.919 bits per heavy atom. The molecule has 0 heterocycles. The lowest BCUT2D eigenvalue weighted by Gasteiger charge is -2.14. The van der Waals surface area contributed by atoms with Crippen molar-refractivity contribution in [2.24, 2.45) is 9.98 Å². The number of hydrogen-bond acceptors (Lipinski definition) is 2. The van der Waals surface area contributed by atoms with Gasteiger partial charge >= 0.3 is 0 Å². The van der Waals surface area contributed by atoms with E-state index >= 15 is 0 Å². The van der Waals surface area contributed by atoms with E-state index in [4.69, 9.17) is 9.98 Å². The van der Waals surface area contributed by atoms with Gasteiger partial charge in [-0.3, -0.25) is 9.98 Å². The topological polar surface area (TPSA) is 24.7 Å². The quantitative estimate of drug-likeness (QED) is 0.0364. The van der Waals surface area contributed by atoms with Crippen molar-refractivity contribution in [1.82, 2.24) is 0 Å². The van der Waals surface area contributed by atoms with Crippen molar-refractivity contribution < 1.29 is 0 Å². The van der Waals surface area contributed by atoms with Gasteiger partial charge in [-0.25, -0.2) is 0 Å². The first kappa shape index (κ1) is 55.0. The fraction of sp³-hybridized carbons (Fsp3) is 0.700. The third kappa shape index (κ3) is 30.1. The van der Waals surface area contributed by atoms with Crippen LogP contribution in [0.25, 0.3) is 0 Å². The highest BCUT2D eigenvalue weighted by Gasteiger charge is 2.13. The second-order valence-electron chi connectivity index (χ2n) is 18.3. The second-order valence-corrected chi connectivity index (χ2v) is 18.3. The molecule has 2 heteroatoms. The molecule has 0 aromatic heterocycles. The van der Waals surface area contributed by atoms with Crippen LogP contribution in [0.4, 0.5) is 11.4 Å². The monoisotopic (exact) mass is 845 g/mol. The predicted octanol–water partition coefficient (Wildman–Crippen LogP) is 19.7. The van der Waals surface area contributed by atoms with Gasteiger partial charge in [0.05, 0.1) is 22.8 Å². The number of benzene rings is 2. The number of nitrogens with zero attached hydrogens (tertiary/aromatic N) is 2. The number of unbranched alkanes of at least 4 members (excludes halogenated alkanes) is 28. The van der Waals surface area contributed by atoms with Crippen molar-refractivity contribution >= 4 is 22.8 Å². The average molecular weight is 845 g/mol. The maximum Gasteiger partial charge on any atom is 0.0665 e. The van der Waals surface area contributed by atoms with Gasteiger partial charge in [0, 0.05) is 25.7 Å². The summed E-state index contributed by atoms with van der Waals surface area (Å²) in [5.74, 6) is 13.9. The van der Waals surface area contributed by atoms with Crippen molar-refractivity contribution in [3.63, 3.8) is 0 Å². The van der Waals surface area contributed by atoms with Crippen molar-refractivity contribution in [3.8, 4) is 23.7 Å². The minimum Gasteiger partial charge on any atom is -0.251 e. The summed E-state index contributed by atoms with van der Waals surface area (Å²) in [6.45, 7) is 9.16. The zero-order valence-electron chi connectivity index (χ0n) is 41.4. The first-order chi connectivity index (χ1) is 30.7. The smallest absolute Gasteiger partial charge is 0.0665 e. The van der Waals surface area contributed by atoms with Crippen LogP contribution in [-0.2, 0) is 12.8 Å². The number of aliphatic imine (C=N–C) groups is 2. The van der Waals surface area contributed by atoms with Crippen molar-refractivity contribution in [2.75, 3.05) is 0 Å². The van der Waals surface area contributed by atoms with Gasteiger partial charge in [-0.1, -0.05) is 218 Å². The molecule has 0 radical (unpaired) electrons. The fourth-order valence-electron chi connectivity index (χ4n) is 8.37. The summed E-state index contributed by atoms with van der Waals surface area (Å²) in [6.07, 6.45) is 48.1. The van der Waals surface area contributed by atoms with E-state index in [9.17, 15) is 0 Å². The zero-order valence-corrected chi connectivity index (χ0v) is 41.4. The molecule has 2 nitrogen and oxygen atoms in total. The molecule has 0 atom stereocenters. The SMILES string of the molecule is CCCCCCCCCCCCCCC#CCCCc1ccccc1N=C(CCCC)C(CCCC)=Nc1ccccc1CCCC#CCCCCCCCCCCCCCC. The molecule has 0 fully saturated rings. The minimum atomic E-state index is 0.962. The van der Waals surface area contributed by atoms with Gasteiger partial charge in [0.2, 0.25) is 0 Å². The summed E-state index contributed by atoms with van der Waals surface area (Å²) in [6, 6.07) is 17.6. The molecular weight excluding hydrogens is 749 g/mol. The Morgan fingerprint density at radius 1 is 0.323 bits per heavy atom. The van der Waals surface area contributed by atoms with Gasteiger partial charge in [0.1, 0.15) is 0 Å². The van der Waals surface area contributed by atoms with Gasteiger partial charge < -0.3 is 0 Å². The van der Waals surface area contributed by atoms with E-state index in [1.807, 2.05) is 0 Å². The average Bonchev–Trinajstić information content (AvgIpc) is 3.29. The molecular formula is C60H96N2. The molecule has 0 bridgehead atoms. The van der Waals surface area contributed by atoms with Crippen molar-refractivity contribution in [3.05, 3.63) is 59.7 Å². The van der Waals surface area contributed by atoms with Gasteiger partial charge in [-0.2, -0.15) is 0 Å². The van der Waals surface area contributed by atoms with Gasteiger partial charge in [-0.15, -0.1) is 23.7 Å². The number of aryl methyl sites for hydroxylation is 2. The Hall–Kier alpha value is -3.10. The summed E-state index contributed by atoms with van der Waals surface area (Å²) in [5.41, 5.74) is 7.24. The van der Waals surface area contributed by atoms with Crippen LogP contribution >= 0.6 is 0 Å². The molecule has 2 rings (SSSR count). The summed E-state index contributed by atoms with van der Waals surface area (Å²) in [4.78, 5) is 10.9. The molecule has 0 aliphatic heterocycles. The van der Waals surface area contributed by atoms with E-state index in [-0.39, 0.29) is 0 Å². The van der Waals surface area contributed by atoms with E-state index in [0.29, 0.717) is 0 Å². The fourth-order valence-corrected chi connectivity index (χ4v) is 8.37. The molecule has 62 heavy (non-hydrogen) atoms. The summed E-state index contributed by atoms with van der Waals surface area (Å²) >= 11 is 0. The van der Waals surface area contributed by atoms with Gasteiger partial charge in [-0.05, 0) is 87.5 Å². The van der Waals surface area contributed by atoms with Crippen molar-refractivity contribution in [2.45, 2.75) is 272 Å². The summed E-state index contributed by atoms with van der Waals surface area (Å²) < 4.78 is 0. The Labute approximate surface area is 386 Å². The third-order valence-corrected chi connectivity index (χ3v) is 12.4. The molecule has 0 saturated heterocycles. The largest absolute Gasteiger partial charge is 0.251 e. The van der Waals surface area contributed by atoms with E-state index < -0.39 is 0 Å². The highest BCUT2D eigenvalue weighted by molar-refractivity contribution is 6.43. The second kappa shape index (κ2) is 41.9. The lowest BCUT2D eigenvalue weighted by Crippen LogP contribution is -2.14. The zero-order chi connectivity index (χ0) is 44.2. The Kier molecular flexibility index (Phi) is 37.2. The molecule has 0 N–H and O–H groups in total. The van der Waals surface area contributed by atoms with Crippen LogP contribution < -0.4 is 0 Å². The highest BCUT2D eigenvalue weighted by Crippen LogP contribution is 2.26. The van der Waals surface area contributed by atoms with Gasteiger partial charge in [0.25, 0.3) is 0 Å². The van der Waals surface area contributed by atoms with Crippen LogP contribution in [0.1, 0.15) is 270 Å². The summed E-state index contributed by atoms with van der Waals surface area (Å²) in [5, 5.41) is 0. The standard InChI is InChI=1S/C60H96N2/c1-5-9-13-15-17-19-21-23-25-27-29-31-33-35-37-39-41-47-55-49-43-45-53-57(55)61-59(51-11-7-3)60(52-12-8-4)62-58-54-46-44-50-56(58)48-42-40-38-36-34-32-30-28-26-24-22-20-18-16-14-10-6-2/h43-46,49-50,53-54H,5-34,39-42,47-48,51-52H2,1-4H3. The Bertz CT molecular complexity index is 1410. The maximum absolute atomic E-state index is 5.45. The van der Waals surface area contributed by atoms with Crippen LogP contribution in [0, 0.1) is 23.7 Å². The number of para-hydroxylation sites is 2. The molecule has 2 aromatic rings. The summed E-state index contributed by atoms with van der Waals surface area (Å²) in [7, 11) is 0. The normalized spacial score (nSPS) is 11.7. The van der Waals surface area contributed by atoms with Gasteiger partial charge in [0.15, 0.2) is 0 Å². The highest BCUT2D eigenvalue weighted by atomic mass is 14.8.